The van der Waals surface area contributed by atoms with Crippen molar-refractivity contribution in [2.24, 2.45) is 0 Å². The molecule has 0 spiro atoms. The first-order chi connectivity index (χ1) is 12.1. The molecule has 0 amide bonds. The van der Waals surface area contributed by atoms with Gasteiger partial charge in [-0.15, -0.1) is 0 Å². The van der Waals surface area contributed by atoms with Crippen molar-refractivity contribution < 1.29 is 25.2 Å². The lowest BCUT2D eigenvalue weighted by Crippen LogP contribution is -2.62. The fourth-order valence-corrected chi connectivity index (χ4v) is 3.27. The van der Waals surface area contributed by atoms with Crippen LogP contribution in [0.15, 0.2) is 30.3 Å². The maximum Gasteiger partial charge on any atom is 0.109 e. The van der Waals surface area contributed by atoms with Crippen LogP contribution in [0.5, 0.6) is 0 Å². The van der Waals surface area contributed by atoms with E-state index in [0.717, 1.165) is 32.3 Å². The number of piperidine rings is 1. The summed E-state index contributed by atoms with van der Waals surface area (Å²) in [6.07, 6.45) is 0.739. The molecule has 142 valence electrons. The van der Waals surface area contributed by atoms with Crippen LogP contribution in [0.1, 0.15) is 31.2 Å². The summed E-state index contributed by atoms with van der Waals surface area (Å²) in [6, 6.07) is 9.60. The summed E-state index contributed by atoms with van der Waals surface area (Å²) >= 11 is 0. The highest BCUT2D eigenvalue weighted by Gasteiger charge is 2.40. The van der Waals surface area contributed by atoms with Gasteiger partial charge >= 0.3 is 0 Å². The van der Waals surface area contributed by atoms with Crippen LogP contribution in [0.2, 0.25) is 0 Å². The third-order valence-electron chi connectivity index (χ3n) is 4.81. The van der Waals surface area contributed by atoms with Gasteiger partial charge in [0.15, 0.2) is 0 Å². The molecule has 0 aliphatic carbocycles. The Hall–Kier alpha value is -1.02. The van der Waals surface area contributed by atoms with Gasteiger partial charge in [-0.2, -0.15) is 0 Å². The zero-order valence-corrected chi connectivity index (χ0v) is 14.7. The van der Waals surface area contributed by atoms with Gasteiger partial charge < -0.3 is 25.2 Å². The molecule has 1 aliphatic rings. The number of aliphatic hydroxyl groups excluding tert-OH is 4. The fraction of sp³-hybridized carbons (Fsp3) is 0.684. The third kappa shape index (κ3) is 6.33. The Morgan fingerprint density at radius 3 is 2.40 bits per heavy atom. The van der Waals surface area contributed by atoms with Crippen molar-refractivity contribution in [1.29, 1.82) is 0 Å². The second kappa shape index (κ2) is 10.9. The van der Waals surface area contributed by atoms with Crippen LogP contribution in [-0.2, 0) is 11.3 Å². The highest BCUT2D eigenvalue weighted by molar-refractivity contribution is 5.13. The summed E-state index contributed by atoms with van der Waals surface area (Å²) in [4.78, 5) is 1.87. The van der Waals surface area contributed by atoms with Gasteiger partial charge in [-0.3, -0.25) is 4.90 Å². The first-order valence-corrected chi connectivity index (χ1v) is 9.14. The average molecular weight is 353 g/mol. The number of nitrogens with zero attached hydrogens (tertiary/aromatic N) is 1. The molecule has 0 saturated carbocycles. The van der Waals surface area contributed by atoms with Gasteiger partial charge in [0.1, 0.15) is 12.2 Å². The van der Waals surface area contributed by atoms with Gasteiger partial charge in [-0.05, 0) is 24.9 Å². The lowest BCUT2D eigenvalue weighted by Gasteiger charge is -2.43. The van der Waals surface area contributed by atoms with Crippen LogP contribution in [0.4, 0.5) is 0 Å². The minimum Gasteiger partial charge on any atom is -0.395 e. The van der Waals surface area contributed by atoms with Crippen molar-refractivity contribution in [3.63, 3.8) is 0 Å². The minimum atomic E-state index is -1.19. The van der Waals surface area contributed by atoms with Gasteiger partial charge in [-0.25, -0.2) is 0 Å². The van der Waals surface area contributed by atoms with Crippen LogP contribution < -0.4 is 0 Å². The number of benzene rings is 1. The molecule has 0 unspecified atom stereocenters. The normalized spacial score (nSPS) is 27.5. The quantitative estimate of drug-likeness (QED) is 0.458. The summed E-state index contributed by atoms with van der Waals surface area (Å²) in [6.45, 7) is 2.13. The van der Waals surface area contributed by atoms with Gasteiger partial charge in [0.2, 0.25) is 0 Å². The number of aliphatic hydroxyl groups is 4. The summed E-state index contributed by atoms with van der Waals surface area (Å²) in [7, 11) is 0. The lowest BCUT2D eigenvalue weighted by molar-refractivity contribution is -0.145. The Morgan fingerprint density at radius 1 is 0.960 bits per heavy atom. The van der Waals surface area contributed by atoms with E-state index >= 15 is 0 Å². The van der Waals surface area contributed by atoms with Crippen molar-refractivity contribution in [2.45, 2.75) is 56.6 Å². The Labute approximate surface area is 149 Å². The van der Waals surface area contributed by atoms with Crippen LogP contribution in [0, 0.1) is 0 Å². The molecule has 6 heteroatoms. The molecule has 1 heterocycles. The monoisotopic (exact) mass is 353 g/mol. The molecule has 4 N–H and O–H groups in total. The molecule has 1 aromatic carbocycles. The number of hydrogen-bond acceptors (Lipinski definition) is 6. The van der Waals surface area contributed by atoms with Crippen molar-refractivity contribution in [3.05, 3.63) is 35.9 Å². The summed E-state index contributed by atoms with van der Waals surface area (Å²) in [5.41, 5.74) is 1.18. The molecule has 2 rings (SSSR count). The van der Waals surface area contributed by atoms with E-state index in [-0.39, 0.29) is 13.2 Å². The number of rotatable bonds is 10. The zero-order chi connectivity index (χ0) is 18.1. The van der Waals surface area contributed by atoms with Gasteiger partial charge in [-0.1, -0.05) is 43.2 Å². The Balaban J connectivity index is 1.55. The van der Waals surface area contributed by atoms with Crippen LogP contribution in [0.25, 0.3) is 0 Å². The number of β-amino-alcohol motifs (C(OH)–C–C–N with tert-alkyl or cyclic N) is 1. The Bertz CT molecular complexity index is 472. The molecule has 0 bridgehead atoms. The first kappa shape index (κ1) is 20.3. The fourth-order valence-electron chi connectivity index (χ4n) is 3.27. The molecule has 1 saturated heterocycles. The first-order valence-electron chi connectivity index (χ1n) is 9.14. The topological polar surface area (TPSA) is 93.4 Å². The summed E-state index contributed by atoms with van der Waals surface area (Å²) in [5, 5.41) is 38.8. The van der Waals surface area contributed by atoms with Gasteiger partial charge in [0.05, 0.1) is 25.4 Å². The summed E-state index contributed by atoms with van der Waals surface area (Å²) < 4.78 is 5.65. The van der Waals surface area contributed by atoms with Crippen molar-refractivity contribution in [1.82, 2.24) is 4.90 Å². The predicted octanol–water partition coefficient (Wildman–Crippen LogP) is 0.523. The van der Waals surface area contributed by atoms with E-state index in [1.165, 1.54) is 5.56 Å². The number of likely N-dealkylation sites (tertiary alicyclic amines) is 1. The highest BCUT2D eigenvalue weighted by atomic mass is 16.5. The van der Waals surface area contributed by atoms with Crippen molar-refractivity contribution in [2.75, 3.05) is 26.3 Å². The third-order valence-corrected chi connectivity index (χ3v) is 4.81. The Kier molecular flexibility index (Phi) is 8.81. The average Bonchev–Trinajstić information content (AvgIpc) is 2.63. The highest BCUT2D eigenvalue weighted by Crippen LogP contribution is 2.19. The van der Waals surface area contributed by atoms with Crippen molar-refractivity contribution in [3.8, 4) is 0 Å². The number of hydrogen-bond donors (Lipinski definition) is 4. The lowest BCUT2D eigenvalue weighted by atomic mass is 9.94. The summed E-state index contributed by atoms with van der Waals surface area (Å²) in [5.74, 6) is 0. The van der Waals surface area contributed by atoms with Crippen LogP contribution >= 0.6 is 0 Å². The molecule has 25 heavy (non-hydrogen) atoms. The second-order valence-electron chi connectivity index (χ2n) is 6.75. The molecule has 1 aromatic rings. The van der Waals surface area contributed by atoms with E-state index in [2.05, 4.69) is 12.1 Å². The predicted molar refractivity (Wildman–Crippen MR) is 95.0 cm³/mol. The van der Waals surface area contributed by atoms with E-state index in [4.69, 9.17) is 4.74 Å². The Morgan fingerprint density at radius 2 is 1.68 bits per heavy atom. The van der Waals surface area contributed by atoms with Gasteiger partial charge in [0, 0.05) is 13.2 Å². The zero-order valence-electron chi connectivity index (χ0n) is 14.7. The molecule has 1 aliphatic heterocycles. The van der Waals surface area contributed by atoms with Crippen LogP contribution in [-0.4, -0.2) is 76.0 Å². The van der Waals surface area contributed by atoms with E-state index < -0.39 is 24.4 Å². The molecule has 0 aromatic heterocycles. The molecular weight excluding hydrogens is 322 g/mol. The van der Waals surface area contributed by atoms with Crippen LogP contribution in [0.3, 0.4) is 0 Å². The largest absolute Gasteiger partial charge is 0.395 e. The SMILES string of the molecule is OC[C@@H]1[C@@H](O)[C@H](O)[C@@H](O)CN1CCCCCCOCc1ccccc1. The minimum absolute atomic E-state index is 0.224. The maximum absolute atomic E-state index is 9.94. The molecule has 4 atom stereocenters. The molecular formula is C19H31NO5. The second-order valence-corrected chi connectivity index (χ2v) is 6.75. The molecule has 0 radical (unpaired) electrons. The number of unbranched alkanes of at least 4 members (excludes halogenated alkanes) is 3. The standard InChI is InChI=1S/C19H31NO5/c21-13-16-18(23)19(24)17(22)12-20(16)10-6-1-2-7-11-25-14-15-8-4-3-5-9-15/h3-5,8-9,16-19,21-24H,1-2,6-7,10-14H2/t16-,17+,18-,19-/m1/s1. The van der Waals surface area contributed by atoms with E-state index in [9.17, 15) is 20.4 Å². The van der Waals surface area contributed by atoms with Gasteiger partial charge in [0.25, 0.3) is 0 Å². The van der Waals surface area contributed by atoms with E-state index in [0.29, 0.717) is 13.2 Å². The smallest absolute Gasteiger partial charge is 0.109 e. The van der Waals surface area contributed by atoms with E-state index in [1.807, 2.05) is 23.1 Å². The molecule has 1 fully saturated rings. The van der Waals surface area contributed by atoms with E-state index in [1.54, 1.807) is 0 Å². The number of ether oxygens (including phenoxy) is 1. The molecule has 6 nitrogen and oxygen atoms in total. The maximum atomic E-state index is 9.94. The van der Waals surface area contributed by atoms with Crippen molar-refractivity contribution >= 4 is 0 Å².